The smallest absolute Gasteiger partial charge is 1.00 e. The number of aromatic nitrogens is 8. The molecule has 2 aromatic carbocycles. The minimum atomic E-state index is -0.901. The fourth-order valence-electron chi connectivity index (χ4n) is 6.18. The van der Waals surface area contributed by atoms with Gasteiger partial charge in [0.25, 0.3) is 5.56 Å². The molecule has 2 N–H and O–H groups in total. The van der Waals surface area contributed by atoms with Crippen molar-refractivity contribution in [2.24, 2.45) is 0 Å². The summed E-state index contributed by atoms with van der Waals surface area (Å²) in [5.74, 6) is 1.15. The molecule has 1 saturated carbocycles. The SMILES string of the molecule is CCCc1c(Cc2ccc(-c3ccccc3-c3nn[nH]n3)cc2)c(=O)n(C2CCC(OC(C)C(C)(C)O)CC2)c2ncnn12.[H-].[K+]. The van der Waals surface area contributed by atoms with Crippen molar-refractivity contribution in [3.05, 3.63) is 82.0 Å². The Balaban J connectivity index is 0.00000240. The van der Waals surface area contributed by atoms with Gasteiger partial charge in [-0.1, -0.05) is 61.9 Å². The van der Waals surface area contributed by atoms with Crippen molar-refractivity contribution in [2.45, 2.75) is 96.5 Å². The Morgan fingerprint density at radius 1 is 1.09 bits per heavy atom. The summed E-state index contributed by atoms with van der Waals surface area (Å²) in [6.07, 6.45) is 6.68. The van der Waals surface area contributed by atoms with E-state index in [2.05, 4.69) is 61.9 Å². The molecule has 1 atom stereocenters. The maximum Gasteiger partial charge on any atom is 1.00 e. The van der Waals surface area contributed by atoms with Crippen LogP contribution in [0.1, 0.15) is 84.1 Å². The summed E-state index contributed by atoms with van der Waals surface area (Å²) < 4.78 is 9.92. The van der Waals surface area contributed by atoms with Crippen LogP contribution >= 0.6 is 0 Å². The molecule has 5 aromatic rings. The third kappa shape index (κ3) is 7.22. The Kier molecular flexibility index (Phi) is 10.8. The van der Waals surface area contributed by atoms with E-state index in [1.54, 1.807) is 20.2 Å². The zero-order chi connectivity index (χ0) is 30.8. The van der Waals surface area contributed by atoms with Crippen molar-refractivity contribution in [1.29, 1.82) is 0 Å². The van der Waals surface area contributed by atoms with Gasteiger partial charge in [0.05, 0.1) is 23.5 Å². The van der Waals surface area contributed by atoms with Gasteiger partial charge in [0.1, 0.15) is 6.33 Å². The maximum atomic E-state index is 14.3. The van der Waals surface area contributed by atoms with E-state index in [0.29, 0.717) is 18.0 Å². The molecule has 3 aromatic heterocycles. The molecule has 0 bridgehead atoms. The number of fused-ring (bicyclic) bond motifs is 1. The van der Waals surface area contributed by atoms with Crippen LogP contribution in [0.5, 0.6) is 0 Å². The van der Waals surface area contributed by atoms with Crippen molar-refractivity contribution >= 4 is 5.78 Å². The van der Waals surface area contributed by atoms with Crippen LogP contribution in [-0.2, 0) is 17.6 Å². The van der Waals surface area contributed by atoms with Gasteiger partial charge >= 0.3 is 51.4 Å². The van der Waals surface area contributed by atoms with Gasteiger partial charge < -0.3 is 11.3 Å². The van der Waals surface area contributed by atoms with E-state index >= 15 is 0 Å². The van der Waals surface area contributed by atoms with Crippen LogP contribution in [-0.4, -0.2) is 62.7 Å². The summed E-state index contributed by atoms with van der Waals surface area (Å²) >= 11 is 0. The molecule has 232 valence electrons. The molecule has 11 nitrogen and oxygen atoms in total. The van der Waals surface area contributed by atoms with Crippen molar-refractivity contribution in [3.8, 4) is 22.5 Å². The van der Waals surface area contributed by atoms with Crippen LogP contribution in [0.2, 0.25) is 0 Å². The number of hydrogen-bond acceptors (Lipinski definition) is 8. The van der Waals surface area contributed by atoms with Crippen LogP contribution in [0.15, 0.2) is 59.7 Å². The van der Waals surface area contributed by atoms with E-state index in [0.717, 1.165) is 72.0 Å². The van der Waals surface area contributed by atoms with Gasteiger partial charge in [0.2, 0.25) is 11.6 Å². The Bertz CT molecular complexity index is 1780. The first-order valence-corrected chi connectivity index (χ1v) is 15.5. The second-order valence-corrected chi connectivity index (χ2v) is 12.3. The van der Waals surface area contributed by atoms with Crippen LogP contribution in [0, 0.1) is 0 Å². The fraction of sp³-hybridized carbons (Fsp3) is 0.455. The number of benzene rings is 2. The number of ether oxygens (including phenoxy) is 1. The van der Waals surface area contributed by atoms with Crippen molar-refractivity contribution < 1.29 is 62.7 Å². The van der Waals surface area contributed by atoms with Gasteiger partial charge in [-0.3, -0.25) is 9.36 Å². The molecule has 0 saturated heterocycles. The molecule has 1 aliphatic rings. The average Bonchev–Trinajstić information content (AvgIpc) is 3.73. The first kappa shape index (κ1) is 33.8. The molecule has 1 aliphatic carbocycles. The predicted molar refractivity (Wildman–Crippen MR) is 168 cm³/mol. The number of nitrogens with zero attached hydrogens (tertiary/aromatic N) is 7. The minimum absolute atomic E-state index is 0. The largest absolute Gasteiger partial charge is 1.00 e. The number of aromatic amines is 1. The standard InChI is InChI=1S/C33H40N8O3.K.H/c1-5-8-29-28(19-22-11-13-23(14-12-22)26-9-6-7-10-27(26)30-36-38-39-37-30)31(42)40(32-34-20-35-41(29)32)24-15-17-25(18-16-24)44-21(2)33(3,4)43;;/h6-7,9-14,20-21,24-25,43H,5,8,15-19H2,1-4H3,(H,36,37,38,39);;/q;+1;-1. The Morgan fingerprint density at radius 3 is 2.44 bits per heavy atom. The molecular formula is C33H41KN8O3. The monoisotopic (exact) mass is 636 g/mol. The molecule has 12 heteroatoms. The first-order chi connectivity index (χ1) is 21.2. The zero-order valence-electron chi connectivity index (χ0n) is 27.8. The molecule has 1 fully saturated rings. The number of rotatable bonds is 10. The van der Waals surface area contributed by atoms with Crippen molar-refractivity contribution in [1.82, 2.24) is 39.8 Å². The van der Waals surface area contributed by atoms with Crippen molar-refractivity contribution in [2.75, 3.05) is 0 Å². The zero-order valence-corrected chi connectivity index (χ0v) is 29.9. The molecule has 45 heavy (non-hydrogen) atoms. The van der Waals surface area contributed by atoms with E-state index < -0.39 is 5.60 Å². The van der Waals surface area contributed by atoms with E-state index in [9.17, 15) is 9.90 Å². The van der Waals surface area contributed by atoms with Crippen molar-refractivity contribution in [3.63, 3.8) is 0 Å². The number of tetrazole rings is 1. The minimum Gasteiger partial charge on any atom is -1.00 e. The van der Waals surface area contributed by atoms with Crippen LogP contribution in [0.3, 0.4) is 0 Å². The van der Waals surface area contributed by atoms with Crippen LogP contribution in [0.25, 0.3) is 28.3 Å². The molecular weight excluding hydrogens is 596 g/mol. The Hall–Kier alpha value is -2.58. The number of aryl methyl sites for hydroxylation is 1. The second kappa shape index (κ2) is 14.5. The third-order valence-electron chi connectivity index (χ3n) is 8.87. The fourth-order valence-corrected chi connectivity index (χ4v) is 6.18. The first-order valence-electron chi connectivity index (χ1n) is 15.5. The Morgan fingerprint density at radius 2 is 1.80 bits per heavy atom. The van der Waals surface area contributed by atoms with E-state index in [4.69, 9.17) is 4.74 Å². The summed E-state index contributed by atoms with van der Waals surface area (Å²) in [6, 6.07) is 16.3. The molecule has 0 aliphatic heterocycles. The average molecular weight is 637 g/mol. The van der Waals surface area contributed by atoms with Gasteiger partial charge in [0.15, 0.2) is 0 Å². The number of hydrogen-bond donors (Lipinski definition) is 2. The summed E-state index contributed by atoms with van der Waals surface area (Å²) in [4.78, 5) is 18.9. The number of aliphatic hydroxyl groups is 1. The third-order valence-corrected chi connectivity index (χ3v) is 8.87. The second-order valence-electron chi connectivity index (χ2n) is 12.3. The van der Waals surface area contributed by atoms with Gasteiger partial charge in [-0.05, 0) is 74.8 Å². The quantitative estimate of drug-likeness (QED) is 0.223. The van der Waals surface area contributed by atoms with E-state index in [1.165, 1.54) is 0 Å². The normalized spacial score (nSPS) is 17.7. The maximum absolute atomic E-state index is 14.3. The molecule has 0 spiro atoms. The van der Waals surface area contributed by atoms with Gasteiger partial charge in [-0.15, -0.1) is 10.2 Å². The number of nitrogens with one attached hydrogen (secondary N) is 1. The summed E-state index contributed by atoms with van der Waals surface area (Å²) in [5.41, 5.74) is 4.77. The van der Waals surface area contributed by atoms with Gasteiger partial charge in [-0.2, -0.15) is 15.3 Å². The summed E-state index contributed by atoms with van der Waals surface area (Å²) in [7, 11) is 0. The number of H-pyrrole nitrogens is 1. The molecule has 3 heterocycles. The molecule has 0 radical (unpaired) electrons. The van der Waals surface area contributed by atoms with E-state index in [-0.39, 0.29) is 76.6 Å². The Labute approximate surface area is 306 Å². The molecule has 0 amide bonds. The molecule has 6 rings (SSSR count). The van der Waals surface area contributed by atoms with Crippen LogP contribution in [0.4, 0.5) is 0 Å². The van der Waals surface area contributed by atoms with Gasteiger partial charge in [0, 0.05) is 23.6 Å². The van der Waals surface area contributed by atoms with E-state index in [1.807, 2.05) is 40.3 Å². The topological polar surface area (TPSA) is 136 Å². The predicted octanol–water partition coefficient (Wildman–Crippen LogP) is 2.06. The van der Waals surface area contributed by atoms with Crippen LogP contribution < -0.4 is 56.9 Å². The summed E-state index contributed by atoms with van der Waals surface area (Å²) in [6.45, 7) is 7.57. The summed E-state index contributed by atoms with van der Waals surface area (Å²) in [5, 5.41) is 29.5. The van der Waals surface area contributed by atoms with Gasteiger partial charge in [-0.25, -0.2) is 4.52 Å². The molecule has 1 unspecified atom stereocenters.